The van der Waals surface area contributed by atoms with Gasteiger partial charge >= 0.3 is 11.7 Å². The summed E-state index contributed by atoms with van der Waals surface area (Å²) >= 11 is 0.923. The summed E-state index contributed by atoms with van der Waals surface area (Å²) in [5.41, 5.74) is 0.112. The third-order valence-corrected chi connectivity index (χ3v) is 3.99. The van der Waals surface area contributed by atoms with Crippen LogP contribution in [0.2, 0.25) is 0 Å². The van der Waals surface area contributed by atoms with Crippen molar-refractivity contribution < 1.29 is 18.7 Å². The van der Waals surface area contributed by atoms with E-state index in [-0.39, 0.29) is 22.9 Å². The lowest BCUT2D eigenvalue weighted by Gasteiger charge is -2.10. The van der Waals surface area contributed by atoms with Gasteiger partial charge in [-0.05, 0) is 32.0 Å². The molecule has 0 atom stereocenters. The van der Waals surface area contributed by atoms with Crippen LogP contribution < -0.4 is 11.0 Å². The Labute approximate surface area is 147 Å². The van der Waals surface area contributed by atoms with Crippen LogP contribution >= 0.6 is 11.8 Å². The highest BCUT2D eigenvalue weighted by Gasteiger charge is 2.20. The second-order valence-electron chi connectivity index (χ2n) is 4.91. The number of aryl methyl sites for hydroxylation is 1. The predicted octanol–water partition coefficient (Wildman–Crippen LogP) is 2.12. The number of carbonyl (C=O) groups is 2. The molecule has 0 aliphatic rings. The largest absolute Gasteiger partial charge is 0.462 e. The summed E-state index contributed by atoms with van der Waals surface area (Å²) in [6, 6.07) is 5.46. The number of aromatic amines is 1. The average Bonchev–Trinajstić information content (AvgIpc) is 2.52. The number of nitrogens with zero attached hydrogens (tertiary/aromatic N) is 1. The van der Waals surface area contributed by atoms with Crippen molar-refractivity contribution in [1.29, 1.82) is 0 Å². The van der Waals surface area contributed by atoms with Gasteiger partial charge in [-0.2, -0.15) is 4.98 Å². The normalized spacial score (nSPS) is 10.4. The molecule has 0 fully saturated rings. The Hall–Kier alpha value is -2.68. The molecule has 0 aliphatic heterocycles. The number of benzene rings is 1. The van der Waals surface area contributed by atoms with Gasteiger partial charge in [0.2, 0.25) is 5.91 Å². The van der Waals surface area contributed by atoms with Gasteiger partial charge in [-0.3, -0.25) is 4.79 Å². The Morgan fingerprint density at radius 1 is 1.40 bits per heavy atom. The number of H-pyrrole nitrogens is 1. The maximum Gasteiger partial charge on any atom is 0.346 e. The van der Waals surface area contributed by atoms with Crippen molar-refractivity contribution in [3.8, 4) is 0 Å². The fourth-order valence-corrected chi connectivity index (χ4v) is 2.87. The maximum atomic E-state index is 13.1. The molecule has 0 saturated carbocycles. The van der Waals surface area contributed by atoms with Crippen LogP contribution in [-0.2, 0) is 9.53 Å². The smallest absolute Gasteiger partial charge is 0.346 e. The van der Waals surface area contributed by atoms with Crippen LogP contribution in [0, 0.1) is 12.7 Å². The Bertz CT molecular complexity index is 854. The van der Waals surface area contributed by atoms with Crippen molar-refractivity contribution in [1.82, 2.24) is 9.97 Å². The van der Waals surface area contributed by atoms with E-state index < -0.39 is 23.4 Å². The van der Waals surface area contributed by atoms with Gasteiger partial charge in [-0.25, -0.2) is 14.0 Å². The summed E-state index contributed by atoms with van der Waals surface area (Å²) < 4.78 is 18.1. The summed E-state index contributed by atoms with van der Waals surface area (Å²) in [5, 5.41) is 2.63. The van der Waals surface area contributed by atoms with Crippen LogP contribution in [0.3, 0.4) is 0 Å². The van der Waals surface area contributed by atoms with Crippen LogP contribution in [0.1, 0.15) is 23.0 Å². The van der Waals surface area contributed by atoms with E-state index >= 15 is 0 Å². The van der Waals surface area contributed by atoms with Gasteiger partial charge in [0.25, 0.3) is 0 Å². The number of amides is 1. The van der Waals surface area contributed by atoms with Crippen LogP contribution in [0.4, 0.5) is 10.1 Å². The van der Waals surface area contributed by atoms with Crippen molar-refractivity contribution in [3.63, 3.8) is 0 Å². The van der Waals surface area contributed by atoms with Gasteiger partial charge in [0.1, 0.15) is 16.4 Å². The first-order valence-corrected chi connectivity index (χ1v) is 8.35. The standard InChI is InChI=1S/C16H16FN3O4S/c1-3-24-15(22)13-9(2)18-16(23)20-14(13)25-8-12(21)19-11-6-4-5-10(17)7-11/h4-7H,3,8H2,1-2H3,(H,19,21)(H,18,20,23). The number of halogens is 1. The van der Waals surface area contributed by atoms with Gasteiger partial charge in [-0.1, -0.05) is 17.8 Å². The molecule has 0 aliphatic carbocycles. The molecule has 25 heavy (non-hydrogen) atoms. The zero-order valence-electron chi connectivity index (χ0n) is 13.6. The van der Waals surface area contributed by atoms with Crippen LogP contribution in [-0.4, -0.2) is 34.2 Å². The second-order valence-corrected chi connectivity index (χ2v) is 5.88. The van der Waals surface area contributed by atoms with Crippen molar-refractivity contribution in [3.05, 3.63) is 51.8 Å². The molecule has 0 radical (unpaired) electrons. The SMILES string of the molecule is CCOC(=O)c1c(SCC(=O)Nc2cccc(F)c2)nc(=O)[nH]c1C. The molecule has 7 nitrogen and oxygen atoms in total. The highest BCUT2D eigenvalue weighted by molar-refractivity contribution is 8.00. The van der Waals surface area contributed by atoms with E-state index in [0.29, 0.717) is 11.4 Å². The minimum absolute atomic E-state index is 0.106. The average molecular weight is 365 g/mol. The summed E-state index contributed by atoms with van der Waals surface area (Å²) in [4.78, 5) is 41.7. The van der Waals surface area contributed by atoms with Gasteiger partial charge in [-0.15, -0.1) is 0 Å². The summed E-state index contributed by atoms with van der Waals surface area (Å²) in [5.74, 6) is -1.64. The molecule has 2 aromatic rings. The number of thioether (sulfide) groups is 1. The fourth-order valence-electron chi connectivity index (χ4n) is 2.00. The van der Waals surface area contributed by atoms with Gasteiger partial charge in [0, 0.05) is 11.4 Å². The molecule has 0 bridgehead atoms. The molecule has 0 spiro atoms. The molecule has 132 valence electrons. The second kappa shape index (κ2) is 8.43. The first-order chi connectivity index (χ1) is 11.9. The lowest BCUT2D eigenvalue weighted by molar-refractivity contribution is -0.113. The number of hydrogen-bond acceptors (Lipinski definition) is 6. The third-order valence-electron chi connectivity index (χ3n) is 3.01. The lowest BCUT2D eigenvalue weighted by Crippen LogP contribution is -2.21. The van der Waals surface area contributed by atoms with Crippen molar-refractivity contribution in [2.75, 3.05) is 17.7 Å². The highest BCUT2D eigenvalue weighted by atomic mass is 32.2. The van der Waals surface area contributed by atoms with Crippen LogP contribution in [0.25, 0.3) is 0 Å². The minimum atomic E-state index is -0.628. The number of aromatic nitrogens is 2. The molecule has 0 saturated heterocycles. The Morgan fingerprint density at radius 3 is 2.84 bits per heavy atom. The molecule has 0 unspecified atom stereocenters. The minimum Gasteiger partial charge on any atom is -0.462 e. The lowest BCUT2D eigenvalue weighted by atomic mass is 10.2. The Morgan fingerprint density at radius 2 is 2.16 bits per heavy atom. The van der Waals surface area contributed by atoms with Crippen molar-refractivity contribution >= 4 is 29.3 Å². The number of carbonyl (C=O) groups excluding carboxylic acids is 2. The highest BCUT2D eigenvalue weighted by Crippen LogP contribution is 2.22. The number of nitrogens with one attached hydrogen (secondary N) is 2. The molecular weight excluding hydrogens is 349 g/mol. The fraction of sp³-hybridized carbons (Fsp3) is 0.250. The predicted molar refractivity (Wildman–Crippen MR) is 91.3 cm³/mol. The van der Waals surface area contributed by atoms with Gasteiger partial charge in [0.05, 0.1) is 12.4 Å². The molecule has 1 heterocycles. The van der Waals surface area contributed by atoms with Crippen LogP contribution in [0.5, 0.6) is 0 Å². The number of hydrogen-bond donors (Lipinski definition) is 2. The van der Waals surface area contributed by atoms with Gasteiger partial charge < -0.3 is 15.0 Å². The molecule has 1 aromatic carbocycles. The topological polar surface area (TPSA) is 101 Å². The first kappa shape index (κ1) is 18.7. The quantitative estimate of drug-likeness (QED) is 0.462. The summed E-state index contributed by atoms with van der Waals surface area (Å²) in [6.45, 7) is 3.37. The van der Waals surface area contributed by atoms with E-state index in [1.54, 1.807) is 19.9 Å². The Kier molecular flexibility index (Phi) is 6.29. The molecule has 1 aromatic heterocycles. The molecule has 1 amide bonds. The van der Waals surface area contributed by atoms with E-state index in [1.165, 1.54) is 18.2 Å². The molecule has 2 N–H and O–H groups in total. The van der Waals surface area contributed by atoms with E-state index in [2.05, 4.69) is 15.3 Å². The number of ether oxygens (including phenoxy) is 1. The van der Waals surface area contributed by atoms with Crippen molar-refractivity contribution in [2.45, 2.75) is 18.9 Å². The molecular formula is C16H16FN3O4S. The van der Waals surface area contributed by atoms with E-state index in [1.807, 2.05) is 0 Å². The summed E-state index contributed by atoms with van der Waals surface area (Å²) in [7, 11) is 0. The van der Waals surface area contributed by atoms with E-state index in [0.717, 1.165) is 11.8 Å². The molecule has 2 rings (SSSR count). The third kappa shape index (κ3) is 5.15. The number of esters is 1. The van der Waals surface area contributed by atoms with Crippen LogP contribution in [0.15, 0.2) is 34.1 Å². The number of anilines is 1. The first-order valence-electron chi connectivity index (χ1n) is 7.37. The van der Waals surface area contributed by atoms with Gasteiger partial charge in [0.15, 0.2) is 0 Å². The zero-order valence-corrected chi connectivity index (χ0v) is 14.4. The zero-order chi connectivity index (χ0) is 18.4. The molecule has 9 heteroatoms. The van der Waals surface area contributed by atoms with Crippen molar-refractivity contribution in [2.24, 2.45) is 0 Å². The number of rotatable bonds is 6. The maximum absolute atomic E-state index is 13.1. The summed E-state index contributed by atoms with van der Waals surface area (Å²) in [6.07, 6.45) is 0. The Balaban J connectivity index is 2.12. The van der Waals surface area contributed by atoms with E-state index in [4.69, 9.17) is 4.74 Å². The monoisotopic (exact) mass is 365 g/mol. The van der Waals surface area contributed by atoms with E-state index in [9.17, 15) is 18.8 Å².